The topological polar surface area (TPSA) is 68.2 Å². The number of halogens is 1. The fraction of sp³-hybridized carbons (Fsp3) is 0.238. The Morgan fingerprint density at radius 2 is 1.97 bits per heavy atom. The summed E-state index contributed by atoms with van der Waals surface area (Å²) in [6.07, 6.45) is 5.05. The molecule has 0 N–H and O–H groups in total. The first-order valence-electron chi connectivity index (χ1n) is 9.38. The average Bonchev–Trinajstić information content (AvgIpc) is 3.40. The van der Waals surface area contributed by atoms with Crippen molar-refractivity contribution in [2.24, 2.45) is 0 Å². The standard InChI is InChI=1S/C21H17FN4O2S/c22-14-4-6-17-19(11-14)29-21(25-17)26(12-15-2-1-9-28-15)20(27)13-3-5-16-18(10-13)24-8-7-23-16/h3-8,10-11,15H,1-2,9,12H2. The van der Waals surface area contributed by atoms with Gasteiger partial charge >= 0.3 is 0 Å². The summed E-state index contributed by atoms with van der Waals surface area (Å²) in [5.41, 5.74) is 2.55. The molecule has 0 spiro atoms. The van der Waals surface area contributed by atoms with Crippen molar-refractivity contribution in [1.29, 1.82) is 0 Å². The number of hydrogen-bond donors (Lipinski definition) is 0. The first-order valence-corrected chi connectivity index (χ1v) is 10.2. The lowest BCUT2D eigenvalue weighted by Crippen LogP contribution is -2.37. The second kappa shape index (κ2) is 7.46. The van der Waals surface area contributed by atoms with E-state index in [0.29, 0.717) is 39.6 Å². The van der Waals surface area contributed by atoms with Crippen LogP contribution >= 0.6 is 11.3 Å². The van der Waals surface area contributed by atoms with E-state index in [1.807, 2.05) is 0 Å². The predicted octanol–water partition coefficient (Wildman–Crippen LogP) is 4.20. The average molecular weight is 408 g/mol. The van der Waals surface area contributed by atoms with E-state index in [4.69, 9.17) is 4.74 Å². The van der Waals surface area contributed by atoms with Gasteiger partial charge in [0.15, 0.2) is 5.13 Å². The van der Waals surface area contributed by atoms with Crippen LogP contribution in [0.2, 0.25) is 0 Å². The van der Waals surface area contributed by atoms with E-state index < -0.39 is 0 Å². The third-order valence-corrected chi connectivity index (χ3v) is 5.98. The fourth-order valence-corrected chi connectivity index (χ4v) is 4.49. The third kappa shape index (κ3) is 3.56. The molecule has 5 rings (SSSR count). The van der Waals surface area contributed by atoms with E-state index in [-0.39, 0.29) is 17.8 Å². The molecular weight excluding hydrogens is 391 g/mol. The van der Waals surface area contributed by atoms with E-state index in [9.17, 15) is 9.18 Å². The van der Waals surface area contributed by atoms with Gasteiger partial charge in [-0.15, -0.1) is 0 Å². The highest BCUT2D eigenvalue weighted by molar-refractivity contribution is 7.22. The van der Waals surface area contributed by atoms with Gasteiger partial charge in [-0.25, -0.2) is 9.37 Å². The molecule has 0 saturated carbocycles. The maximum Gasteiger partial charge on any atom is 0.260 e. The quantitative estimate of drug-likeness (QED) is 0.506. The number of carbonyl (C=O) groups excluding carboxylic acids is 1. The van der Waals surface area contributed by atoms with Gasteiger partial charge in [0, 0.05) is 24.6 Å². The number of benzene rings is 2. The number of carbonyl (C=O) groups is 1. The summed E-state index contributed by atoms with van der Waals surface area (Å²) in [6.45, 7) is 1.10. The lowest BCUT2D eigenvalue weighted by molar-refractivity contribution is 0.0917. The molecule has 1 fully saturated rings. The van der Waals surface area contributed by atoms with Gasteiger partial charge in [-0.05, 0) is 49.2 Å². The smallest absolute Gasteiger partial charge is 0.260 e. The Morgan fingerprint density at radius 3 is 2.79 bits per heavy atom. The molecule has 29 heavy (non-hydrogen) atoms. The molecule has 2 aromatic heterocycles. The Hall–Kier alpha value is -2.97. The van der Waals surface area contributed by atoms with Crippen molar-refractivity contribution in [1.82, 2.24) is 15.0 Å². The van der Waals surface area contributed by atoms with E-state index in [1.165, 1.54) is 23.5 Å². The Morgan fingerprint density at radius 1 is 1.14 bits per heavy atom. The summed E-state index contributed by atoms with van der Waals surface area (Å²) < 4.78 is 20.1. The zero-order valence-electron chi connectivity index (χ0n) is 15.4. The Bertz CT molecular complexity index is 1210. The highest BCUT2D eigenvalue weighted by Gasteiger charge is 2.27. The molecule has 146 valence electrons. The molecule has 6 nitrogen and oxygen atoms in total. The minimum atomic E-state index is -0.321. The number of aromatic nitrogens is 3. The molecule has 0 bridgehead atoms. The largest absolute Gasteiger partial charge is 0.376 e. The Labute approximate surface area is 170 Å². The molecule has 8 heteroatoms. The van der Waals surface area contributed by atoms with Crippen molar-refractivity contribution in [2.45, 2.75) is 18.9 Å². The molecule has 3 heterocycles. The van der Waals surface area contributed by atoms with Crippen LogP contribution in [0.5, 0.6) is 0 Å². The molecule has 1 saturated heterocycles. The number of ether oxygens (including phenoxy) is 1. The van der Waals surface area contributed by atoms with Gasteiger partial charge in [-0.3, -0.25) is 19.7 Å². The van der Waals surface area contributed by atoms with Crippen LogP contribution in [-0.2, 0) is 4.74 Å². The summed E-state index contributed by atoms with van der Waals surface area (Å²) in [5.74, 6) is -0.509. The number of fused-ring (bicyclic) bond motifs is 2. The highest BCUT2D eigenvalue weighted by Crippen LogP contribution is 2.31. The second-order valence-corrected chi connectivity index (χ2v) is 7.93. The van der Waals surface area contributed by atoms with Gasteiger partial charge < -0.3 is 4.74 Å². The van der Waals surface area contributed by atoms with Gasteiger partial charge in [-0.1, -0.05) is 11.3 Å². The SMILES string of the molecule is O=C(c1ccc2nccnc2c1)N(CC1CCCO1)c1nc2ccc(F)cc2s1. The van der Waals surface area contributed by atoms with Gasteiger partial charge in [-0.2, -0.15) is 0 Å². The predicted molar refractivity (Wildman–Crippen MR) is 110 cm³/mol. The second-order valence-electron chi connectivity index (χ2n) is 6.92. The lowest BCUT2D eigenvalue weighted by Gasteiger charge is -2.23. The van der Waals surface area contributed by atoms with Crippen LogP contribution < -0.4 is 4.90 Å². The number of rotatable bonds is 4. The third-order valence-electron chi connectivity index (χ3n) is 4.94. The van der Waals surface area contributed by atoms with E-state index in [0.717, 1.165) is 18.4 Å². The van der Waals surface area contributed by atoms with E-state index in [2.05, 4.69) is 15.0 Å². The van der Waals surface area contributed by atoms with Crippen LogP contribution in [0.1, 0.15) is 23.2 Å². The van der Waals surface area contributed by atoms with Crippen LogP contribution in [0.15, 0.2) is 48.8 Å². The molecule has 2 aromatic carbocycles. The maximum absolute atomic E-state index is 13.6. The van der Waals surface area contributed by atoms with Crippen LogP contribution in [0.3, 0.4) is 0 Å². The number of nitrogens with zero attached hydrogens (tertiary/aromatic N) is 4. The number of thiazole rings is 1. The van der Waals surface area contributed by atoms with E-state index >= 15 is 0 Å². The number of amides is 1. The molecule has 1 aliphatic heterocycles. The minimum Gasteiger partial charge on any atom is -0.376 e. The van der Waals surface area contributed by atoms with Crippen LogP contribution in [0.4, 0.5) is 9.52 Å². The first-order chi connectivity index (χ1) is 14.2. The van der Waals surface area contributed by atoms with Gasteiger partial charge in [0.25, 0.3) is 5.91 Å². The zero-order chi connectivity index (χ0) is 19.8. The van der Waals surface area contributed by atoms with Gasteiger partial charge in [0.05, 0.1) is 33.9 Å². The molecular formula is C21H17FN4O2S. The monoisotopic (exact) mass is 408 g/mol. The van der Waals surface area contributed by atoms with Gasteiger partial charge in [0.1, 0.15) is 5.82 Å². The molecule has 1 unspecified atom stereocenters. The number of hydrogen-bond acceptors (Lipinski definition) is 6. The number of anilines is 1. The van der Waals surface area contributed by atoms with Crippen molar-refractivity contribution in [3.8, 4) is 0 Å². The van der Waals surface area contributed by atoms with Crippen molar-refractivity contribution in [3.63, 3.8) is 0 Å². The molecule has 0 radical (unpaired) electrons. The molecule has 0 aliphatic carbocycles. The van der Waals surface area contributed by atoms with Crippen LogP contribution in [0, 0.1) is 5.82 Å². The molecule has 1 aliphatic rings. The highest BCUT2D eigenvalue weighted by atomic mass is 32.1. The normalized spacial score (nSPS) is 16.5. The Kier molecular flexibility index (Phi) is 4.65. The summed E-state index contributed by atoms with van der Waals surface area (Å²) in [6, 6.07) is 9.71. The summed E-state index contributed by atoms with van der Waals surface area (Å²) in [7, 11) is 0. The van der Waals surface area contributed by atoms with E-state index in [1.54, 1.807) is 41.6 Å². The lowest BCUT2D eigenvalue weighted by atomic mass is 10.1. The first kappa shape index (κ1) is 18.1. The van der Waals surface area contributed by atoms with Crippen molar-refractivity contribution in [3.05, 3.63) is 60.2 Å². The van der Waals surface area contributed by atoms with Crippen molar-refractivity contribution < 1.29 is 13.9 Å². The maximum atomic E-state index is 13.6. The summed E-state index contributed by atoms with van der Waals surface area (Å²) >= 11 is 1.30. The summed E-state index contributed by atoms with van der Waals surface area (Å²) in [4.78, 5) is 28.2. The van der Waals surface area contributed by atoms with Crippen LogP contribution in [-0.4, -0.2) is 40.1 Å². The van der Waals surface area contributed by atoms with Crippen molar-refractivity contribution in [2.75, 3.05) is 18.1 Å². The van der Waals surface area contributed by atoms with Gasteiger partial charge in [0.2, 0.25) is 0 Å². The molecule has 1 atom stereocenters. The summed E-state index contributed by atoms with van der Waals surface area (Å²) in [5, 5.41) is 0.533. The zero-order valence-corrected chi connectivity index (χ0v) is 16.2. The Balaban J connectivity index is 1.55. The molecule has 4 aromatic rings. The van der Waals surface area contributed by atoms with Crippen molar-refractivity contribution >= 4 is 43.6 Å². The van der Waals surface area contributed by atoms with Crippen LogP contribution in [0.25, 0.3) is 21.3 Å². The molecule has 1 amide bonds. The fourth-order valence-electron chi connectivity index (χ4n) is 3.49. The minimum absolute atomic E-state index is 0.0389.